The fourth-order valence-electron chi connectivity index (χ4n) is 1.92. The molecule has 0 bridgehead atoms. The average molecular weight is 422 g/mol. The van der Waals surface area contributed by atoms with E-state index in [4.69, 9.17) is 23.2 Å². The lowest BCUT2D eigenvalue weighted by atomic mass is 10.3. The highest BCUT2D eigenvalue weighted by molar-refractivity contribution is 8.01. The second-order valence-electron chi connectivity index (χ2n) is 5.04. The third-order valence-corrected chi connectivity index (χ3v) is 5.76. The van der Waals surface area contributed by atoms with Gasteiger partial charge >= 0.3 is 6.03 Å². The van der Waals surface area contributed by atoms with Crippen molar-refractivity contribution in [2.24, 2.45) is 5.10 Å². The van der Waals surface area contributed by atoms with Crippen molar-refractivity contribution >= 4 is 64.2 Å². The third kappa shape index (κ3) is 5.78. The molecule has 0 unspecified atom stereocenters. The molecule has 1 heterocycles. The Labute approximate surface area is 169 Å². The number of amides is 2. The minimum atomic E-state index is -0.420. The molecule has 2 aromatic carbocycles. The van der Waals surface area contributed by atoms with Gasteiger partial charge in [-0.2, -0.15) is 5.10 Å². The van der Waals surface area contributed by atoms with Crippen LogP contribution in [0.2, 0.25) is 10.0 Å². The molecule has 2 N–H and O–H groups in total. The lowest BCUT2D eigenvalue weighted by Crippen LogP contribution is -2.24. The highest BCUT2D eigenvalue weighted by atomic mass is 35.5. The number of nitrogens with one attached hydrogen (secondary N) is 2. The van der Waals surface area contributed by atoms with Gasteiger partial charge in [0.05, 0.1) is 10.4 Å². The second kappa shape index (κ2) is 9.09. The van der Waals surface area contributed by atoms with Crippen molar-refractivity contribution in [3.8, 4) is 0 Å². The van der Waals surface area contributed by atoms with Crippen LogP contribution >= 0.6 is 46.3 Å². The molecule has 0 spiro atoms. The van der Waals surface area contributed by atoms with Crippen LogP contribution in [0.15, 0.2) is 74.9 Å². The van der Waals surface area contributed by atoms with E-state index < -0.39 is 6.03 Å². The van der Waals surface area contributed by atoms with Crippen LogP contribution in [0.1, 0.15) is 4.88 Å². The number of halogens is 2. The molecule has 2 amide bonds. The fraction of sp³-hybridized carbons (Fsp3) is 0. The quantitative estimate of drug-likeness (QED) is 0.371. The van der Waals surface area contributed by atoms with Crippen LogP contribution in [0.5, 0.6) is 0 Å². The van der Waals surface area contributed by atoms with Gasteiger partial charge in [-0.1, -0.05) is 35.0 Å². The van der Waals surface area contributed by atoms with E-state index in [1.165, 1.54) is 0 Å². The van der Waals surface area contributed by atoms with E-state index in [0.717, 1.165) is 19.0 Å². The molecule has 3 rings (SSSR count). The second-order valence-corrected chi connectivity index (χ2v) is 8.41. The van der Waals surface area contributed by atoms with Gasteiger partial charge in [0.2, 0.25) is 0 Å². The van der Waals surface area contributed by atoms with E-state index >= 15 is 0 Å². The number of anilines is 1. The number of nitrogens with zero attached hydrogens (tertiary/aromatic N) is 1. The first kappa shape index (κ1) is 18.8. The molecular weight excluding hydrogens is 409 g/mol. The highest BCUT2D eigenvalue weighted by Crippen LogP contribution is 2.33. The highest BCUT2D eigenvalue weighted by Gasteiger charge is 2.02. The SMILES string of the molecule is O=C(N/N=C/c1ccc(Sc2ccc(Cl)cc2)s1)Nc1ccc(Cl)cc1. The predicted molar refractivity (Wildman–Crippen MR) is 111 cm³/mol. The van der Waals surface area contributed by atoms with Gasteiger partial charge in [-0.15, -0.1) is 11.3 Å². The maximum Gasteiger partial charge on any atom is 0.339 e. The van der Waals surface area contributed by atoms with E-state index in [9.17, 15) is 4.79 Å². The molecule has 0 atom stereocenters. The predicted octanol–water partition coefficient (Wildman–Crippen LogP) is 6.36. The Kier molecular flexibility index (Phi) is 6.57. The molecule has 132 valence electrons. The number of hydrogen-bond donors (Lipinski definition) is 2. The van der Waals surface area contributed by atoms with Gasteiger partial charge < -0.3 is 5.32 Å². The molecule has 0 fully saturated rings. The summed E-state index contributed by atoms with van der Waals surface area (Å²) < 4.78 is 1.12. The molecular formula is C18H13Cl2N3OS2. The van der Waals surface area contributed by atoms with Crippen LogP contribution in [0, 0.1) is 0 Å². The number of hydrazone groups is 1. The minimum Gasteiger partial charge on any atom is -0.307 e. The van der Waals surface area contributed by atoms with Crippen LogP contribution in [0.3, 0.4) is 0 Å². The molecule has 26 heavy (non-hydrogen) atoms. The third-order valence-electron chi connectivity index (χ3n) is 3.09. The summed E-state index contributed by atoms with van der Waals surface area (Å²) in [6.45, 7) is 0. The van der Waals surface area contributed by atoms with Crippen LogP contribution in [0.4, 0.5) is 10.5 Å². The molecule has 1 aromatic heterocycles. The number of thiophene rings is 1. The lowest BCUT2D eigenvalue weighted by Gasteiger charge is -2.03. The standard InChI is InChI=1S/C18H13Cl2N3OS2/c19-12-1-5-14(6-2-12)22-18(24)23-21-11-16-9-10-17(26-16)25-15-7-3-13(20)4-8-15/h1-11H,(H2,22,23,24)/b21-11+. The first-order valence-corrected chi connectivity index (χ1v) is 9.86. The first-order valence-electron chi connectivity index (χ1n) is 7.47. The number of rotatable bonds is 5. The van der Waals surface area contributed by atoms with Gasteiger partial charge in [0, 0.05) is 25.5 Å². The fourth-order valence-corrected chi connectivity index (χ4v) is 4.17. The summed E-state index contributed by atoms with van der Waals surface area (Å²) in [5.41, 5.74) is 3.07. The van der Waals surface area contributed by atoms with E-state index in [1.807, 2.05) is 36.4 Å². The van der Waals surface area contributed by atoms with E-state index in [1.54, 1.807) is 53.6 Å². The topological polar surface area (TPSA) is 53.5 Å². The van der Waals surface area contributed by atoms with Crippen LogP contribution in [-0.2, 0) is 0 Å². The van der Waals surface area contributed by atoms with E-state index in [2.05, 4.69) is 15.8 Å². The van der Waals surface area contributed by atoms with Crippen molar-refractivity contribution < 1.29 is 4.79 Å². The van der Waals surface area contributed by atoms with Gasteiger partial charge in [0.15, 0.2) is 0 Å². The van der Waals surface area contributed by atoms with Crippen LogP contribution in [-0.4, -0.2) is 12.2 Å². The smallest absolute Gasteiger partial charge is 0.307 e. The molecule has 8 heteroatoms. The van der Waals surface area contributed by atoms with Crippen molar-refractivity contribution in [3.05, 3.63) is 75.6 Å². The molecule has 0 saturated carbocycles. The van der Waals surface area contributed by atoms with Crippen molar-refractivity contribution in [1.82, 2.24) is 5.43 Å². The summed E-state index contributed by atoms with van der Waals surface area (Å²) in [4.78, 5) is 13.8. The lowest BCUT2D eigenvalue weighted by molar-refractivity contribution is 0.252. The maximum absolute atomic E-state index is 11.8. The number of carbonyl (C=O) groups is 1. The zero-order chi connectivity index (χ0) is 18.4. The number of carbonyl (C=O) groups excluding carboxylic acids is 1. The summed E-state index contributed by atoms with van der Waals surface area (Å²) in [5.74, 6) is 0. The van der Waals surface area contributed by atoms with Gasteiger partial charge in [0.1, 0.15) is 0 Å². The largest absolute Gasteiger partial charge is 0.339 e. The summed E-state index contributed by atoms with van der Waals surface area (Å²) >= 11 is 14.9. The van der Waals surface area contributed by atoms with Gasteiger partial charge in [0.25, 0.3) is 0 Å². The maximum atomic E-state index is 11.8. The van der Waals surface area contributed by atoms with Crippen LogP contribution < -0.4 is 10.7 Å². The summed E-state index contributed by atoms with van der Waals surface area (Å²) in [6, 6.07) is 18.0. The van der Waals surface area contributed by atoms with Crippen LogP contribution in [0.25, 0.3) is 0 Å². The molecule has 0 aliphatic heterocycles. The molecule has 4 nitrogen and oxygen atoms in total. The van der Waals surface area contributed by atoms with Crippen molar-refractivity contribution in [3.63, 3.8) is 0 Å². The summed E-state index contributed by atoms with van der Waals surface area (Å²) in [6.07, 6.45) is 1.61. The minimum absolute atomic E-state index is 0.420. The normalized spacial score (nSPS) is 10.8. The van der Waals surface area contributed by atoms with E-state index in [-0.39, 0.29) is 0 Å². The Morgan fingerprint density at radius 1 is 0.962 bits per heavy atom. The summed E-state index contributed by atoms with van der Waals surface area (Å²) in [7, 11) is 0. The molecule has 3 aromatic rings. The van der Waals surface area contributed by atoms with Crippen molar-refractivity contribution in [2.45, 2.75) is 9.10 Å². The monoisotopic (exact) mass is 421 g/mol. The van der Waals surface area contributed by atoms with Gasteiger partial charge in [-0.25, -0.2) is 10.2 Å². The molecule has 0 saturated heterocycles. The Morgan fingerprint density at radius 3 is 2.31 bits per heavy atom. The first-order chi connectivity index (χ1) is 12.6. The molecule has 0 radical (unpaired) electrons. The Hall–Kier alpha value is -1.99. The number of urea groups is 1. The molecule has 0 aliphatic carbocycles. The zero-order valence-electron chi connectivity index (χ0n) is 13.3. The summed E-state index contributed by atoms with van der Waals surface area (Å²) in [5, 5.41) is 7.95. The zero-order valence-corrected chi connectivity index (χ0v) is 16.4. The van der Waals surface area contributed by atoms with Crippen molar-refractivity contribution in [2.75, 3.05) is 5.32 Å². The number of benzene rings is 2. The Balaban J connectivity index is 1.51. The van der Waals surface area contributed by atoms with Crippen molar-refractivity contribution in [1.29, 1.82) is 0 Å². The average Bonchev–Trinajstić information content (AvgIpc) is 3.06. The molecule has 0 aliphatic rings. The number of hydrogen-bond acceptors (Lipinski definition) is 4. The van der Waals surface area contributed by atoms with E-state index in [0.29, 0.717) is 10.7 Å². The van der Waals surface area contributed by atoms with Gasteiger partial charge in [-0.3, -0.25) is 0 Å². The Bertz CT molecular complexity index is 909. The Morgan fingerprint density at radius 2 is 1.62 bits per heavy atom. The van der Waals surface area contributed by atoms with Gasteiger partial charge in [-0.05, 0) is 60.7 Å².